The van der Waals surface area contributed by atoms with Crippen molar-refractivity contribution in [2.24, 2.45) is 0 Å². The van der Waals surface area contributed by atoms with E-state index in [0.717, 1.165) is 18.2 Å². The van der Waals surface area contributed by atoms with Crippen LogP contribution in [0.4, 0.5) is 5.69 Å². The second-order valence-electron chi connectivity index (χ2n) is 6.08. The molecule has 0 spiro atoms. The summed E-state index contributed by atoms with van der Waals surface area (Å²) in [7, 11) is -6.51. The third-order valence-electron chi connectivity index (χ3n) is 4.31. The molecule has 0 atom stereocenters. The summed E-state index contributed by atoms with van der Waals surface area (Å²) >= 11 is 5.92. The van der Waals surface area contributed by atoms with Gasteiger partial charge in [0.15, 0.2) is 0 Å². The molecule has 2 rings (SSSR count). The lowest BCUT2D eigenvalue weighted by molar-refractivity contribution is 0.102. The van der Waals surface area contributed by atoms with Crippen LogP contribution in [0, 0.1) is 0 Å². The topological polar surface area (TPSA) is 133 Å². The second kappa shape index (κ2) is 9.31. The minimum Gasteiger partial charge on any atom is -0.506 e. The summed E-state index contributed by atoms with van der Waals surface area (Å²) in [6, 6.07) is 7.17. The van der Waals surface area contributed by atoms with Crippen molar-refractivity contribution in [3.63, 3.8) is 0 Å². The monoisotopic (exact) mass is 475 g/mol. The molecule has 0 aliphatic rings. The van der Waals surface area contributed by atoms with E-state index in [2.05, 4.69) is 10.0 Å². The number of phenols is 1. The first-order valence-electron chi connectivity index (χ1n) is 8.85. The predicted octanol–water partition coefficient (Wildman–Crippen LogP) is 2.24. The highest BCUT2D eigenvalue weighted by Crippen LogP contribution is 2.29. The number of nitrogens with one attached hydrogen (secondary N) is 2. The molecule has 9 nitrogen and oxygen atoms in total. The molecular weight excluding hydrogens is 454 g/mol. The van der Waals surface area contributed by atoms with E-state index in [-0.39, 0.29) is 44.9 Å². The zero-order valence-electron chi connectivity index (χ0n) is 16.5. The van der Waals surface area contributed by atoms with Gasteiger partial charge in [0.1, 0.15) is 10.6 Å². The van der Waals surface area contributed by atoms with E-state index in [0.29, 0.717) is 0 Å². The van der Waals surface area contributed by atoms with Crippen LogP contribution in [0.2, 0.25) is 5.02 Å². The second-order valence-corrected chi connectivity index (χ2v) is 10.3. The van der Waals surface area contributed by atoms with Crippen LogP contribution in [-0.4, -0.2) is 52.3 Å². The molecule has 12 heteroatoms. The highest BCUT2D eigenvalue weighted by molar-refractivity contribution is 7.89. The molecule has 0 unspecified atom stereocenters. The van der Waals surface area contributed by atoms with Gasteiger partial charge in [-0.3, -0.25) is 4.79 Å². The Bertz CT molecular complexity index is 1160. The Balaban J connectivity index is 2.42. The van der Waals surface area contributed by atoms with Gasteiger partial charge in [-0.15, -0.1) is 0 Å². The maximum atomic E-state index is 12.7. The fourth-order valence-electron chi connectivity index (χ4n) is 2.64. The highest BCUT2D eigenvalue weighted by atomic mass is 35.5. The lowest BCUT2D eigenvalue weighted by Gasteiger charge is -2.19. The van der Waals surface area contributed by atoms with Crippen LogP contribution >= 0.6 is 11.6 Å². The van der Waals surface area contributed by atoms with Crippen molar-refractivity contribution in [2.45, 2.75) is 23.6 Å². The molecule has 0 saturated heterocycles. The number of halogens is 1. The number of hydrogen-bond acceptors (Lipinski definition) is 6. The molecule has 0 fully saturated rings. The molecule has 3 N–H and O–H groups in total. The minimum absolute atomic E-state index is 0.0513. The van der Waals surface area contributed by atoms with E-state index < -0.39 is 26.0 Å². The Morgan fingerprint density at radius 2 is 1.70 bits per heavy atom. The Morgan fingerprint density at radius 3 is 2.27 bits per heavy atom. The molecule has 0 aliphatic heterocycles. The fourth-order valence-corrected chi connectivity index (χ4v) is 5.38. The van der Waals surface area contributed by atoms with Gasteiger partial charge in [-0.1, -0.05) is 25.4 Å². The normalized spacial score (nSPS) is 12.2. The number of benzene rings is 2. The number of amides is 1. The van der Waals surface area contributed by atoms with Crippen LogP contribution in [0.3, 0.4) is 0 Å². The molecule has 2 aromatic carbocycles. The molecule has 0 aromatic heterocycles. The largest absolute Gasteiger partial charge is 0.506 e. The zero-order chi connectivity index (χ0) is 22.7. The fraction of sp³-hybridized carbons (Fsp3) is 0.278. The number of nitrogens with zero attached hydrogens (tertiary/aromatic N) is 1. The molecule has 2 aromatic rings. The van der Waals surface area contributed by atoms with Crippen molar-refractivity contribution in [3.8, 4) is 5.75 Å². The Kier molecular flexibility index (Phi) is 7.48. The van der Waals surface area contributed by atoms with Gasteiger partial charge in [-0.05, 0) is 43.4 Å². The number of anilines is 1. The van der Waals surface area contributed by atoms with Crippen molar-refractivity contribution >= 4 is 43.2 Å². The lowest BCUT2D eigenvalue weighted by Crippen LogP contribution is -2.30. The smallest absolute Gasteiger partial charge is 0.255 e. The summed E-state index contributed by atoms with van der Waals surface area (Å²) in [5.74, 6) is -1.11. The van der Waals surface area contributed by atoms with Gasteiger partial charge in [0.2, 0.25) is 20.0 Å². The highest BCUT2D eigenvalue weighted by Gasteiger charge is 2.24. The van der Waals surface area contributed by atoms with Crippen molar-refractivity contribution in [3.05, 3.63) is 47.0 Å². The van der Waals surface area contributed by atoms with Crippen molar-refractivity contribution in [1.82, 2.24) is 9.03 Å². The Labute approximate surface area is 180 Å². The summed E-state index contributed by atoms with van der Waals surface area (Å²) in [4.78, 5) is 12.2. The maximum Gasteiger partial charge on any atom is 0.255 e. The van der Waals surface area contributed by atoms with Crippen LogP contribution in [0.25, 0.3) is 0 Å². The molecule has 0 radical (unpaired) electrons. The van der Waals surface area contributed by atoms with E-state index in [1.165, 1.54) is 29.6 Å². The van der Waals surface area contributed by atoms with Crippen LogP contribution in [0.5, 0.6) is 5.75 Å². The third-order valence-corrected chi connectivity index (χ3v) is 8.25. The summed E-state index contributed by atoms with van der Waals surface area (Å²) in [6.07, 6.45) is 0. The number of sulfonamides is 2. The van der Waals surface area contributed by atoms with Crippen LogP contribution in [0.1, 0.15) is 24.2 Å². The minimum atomic E-state index is -3.90. The average Bonchev–Trinajstić information content (AvgIpc) is 2.70. The van der Waals surface area contributed by atoms with Gasteiger partial charge in [-0.2, -0.15) is 4.31 Å². The van der Waals surface area contributed by atoms with Crippen LogP contribution in [0.15, 0.2) is 46.2 Å². The van der Waals surface area contributed by atoms with Crippen LogP contribution in [-0.2, 0) is 20.0 Å². The quantitative estimate of drug-likeness (QED) is 0.501. The van der Waals surface area contributed by atoms with Gasteiger partial charge in [0.25, 0.3) is 5.91 Å². The number of carbonyl (C=O) groups excluding carboxylic acids is 1. The number of aromatic hydroxyl groups is 1. The summed E-state index contributed by atoms with van der Waals surface area (Å²) < 4.78 is 52.8. The number of carbonyl (C=O) groups is 1. The van der Waals surface area contributed by atoms with Crippen molar-refractivity contribution in [2.75, 3.05) is 25.5 Å². The third kappa shape index (κ3) is 4.93. The van der Waals surface area contributed by atoms with Gasteiger partial charge in [0.05, 0.1) is 15.6 Å². The zero-order valence-corrected chi connectivity index (χ0v) is 18.9. The molecule has 30 heavy (non-hydrogen) atoms. The molecule has 0 bridgehead atoms. The molecule has 0 aliphatic carbocycles. The van der Waals surface area contributed by atoms with Crippen molar-refractivity contribution in [1.29, 1.82) is 0 Å². The molecule has 1 amide bonds. The number of hydrogen-bond donors (Lipinski definition) is 3. The predicted molar refractivity (Wildman–Crippen MR) is 114 cm³/mol. The molecule has 0 heterocycles. The first-order valence-corrected chi connectivity index (χ1v) is 12.2. The van der Waals surface area contributed by atoms with E-state index >= 15 is 0 Å². The summed E-state index contributed by atoms with van der Waals surface area (Å²) in [5, 5.41) is 12.4. The van der Waals surface area contributed by atoms with Crippen LogP contribution < -0.4 is 10.0 Å². The lowest BCUT2D eigenvalue weighted by atomic mass is 10.2. The van der Waals surface area contributed by atoms with Gasteiger partial charge >= 0.3 is 0 Å². The van der Waals surface area contributed by atoms with Gasteiger partial charge in [-0.25, -0.2) is 21.6 Å². The maximum absolute atomic E-state index is 12.7. The SMILES string of the molecule is CCN(CC)S(=O)(=O)c1ccc(O)c(NC(=O)c2ccc(Cl)c(S(=O)(=O)NC)c2)c1. The van der Waals surface area contributed by atoms with E-state index in [1.54, 1.807) is 13.8 Å². The summed E-state index contributed by atoms with van der Waals surface area (Å²) in [6.45, 7) is 3.91. The number of phenolic OH excluding ortho intramolecular Hbond substituents is 1. The van der Waals surface area contributed by atoms with Crippen molar-refractivity contribution < 1.29 is 26.7 Å². The standard InChI is InChI=1S/C18H22ClN3O6S2/c1-4-22(5-2)30(27,28)13-7-9-16(23)15(11-13)21-18(24)12-6-8-14(19)17(10-12)29(25,26)20-3/h6-11,20,23H,4-5H2,1-3H3,(H,21,24). The summed E-state index contributed by atoms with van der Waals surface area (Å²) in [5.41, 5.74) is -0.189. The first-order chi connectivity index (χ1) is 14.0. The Morgan fingerprint density at radius 1 is 1.07 bits per heavy atom. The van der Waals surface area contributed by atoms with Gasteiger partial charge < -0.3 is 10.4 Å². The molecule has 0 saturated carbocycles. The molecule has 164 valence electrons. The first kappa shape index (κ1) is 24.1. The molecular formula is C18H22ClN3O6S2. The van der Waals surface area contributed by atoms with E-state index in [9.17, 15) is 26.7 Å². The average molecular weight is 476 g/mol. The Hall–Kier alpha value is -2.18. The number of rotatable bonds is 8. The van der Waals surface area contributed by atoms with Gasteiger partial charge in [0, 0.05) is 18.7 Å². The van der Waals surface area contributed by atoms with E-state index in [4.69, 9.17) is 11.6 Å². The van der Waals surface area contributed by atoms with E-state index in [1.807, 2.05) is 0 Å².